The Kier molecular flexibility index (Phi) is 3.22. The van der Waals surface area contributed by atoms with Gasteiger partial charge < -0.3 is 0 Å². The van der Waals surface area contributed by atoms with Crippen molar-refractivity contribution in [3.8, 4) is 0 Å². The first-order valence-electron chi connectivity index (χ1n) is 6.23. The maximum atomic E-state index is 12.7. The molecule has 1 aromatic carbocycles. The fraction of sp³-hybridized carbons (Fsp3) is 0.143. The topological polar surface area (TPSA) is 64.8 Å². The van der Waals surface area contributed by atoms with Gasteiger partial charge >= 0.3 is 0 Å². The molecule has 0 spiro atoms. The van der Waals surface area contributed by atoms with E-state index >= 15 is 0 Å². The van der Waals surface area contributed by atoms with Crippen molar-refractivity contribution in [2.45, 2.75) is 18.7 Å². The predicted molar refractivity (Wildman–Crippen MR) is 81.0 cm³/mol. The van der Waals surface area contributed by atoms with Crippen molar-refractivity contribution < 1.29 is 8.42 Å². The van der Waals surface area contributed by atoms with E-state index in [1.807, 2.05) is 6.92 Å². The Bertz CT molecular complexity index is 931. The molecule has 0 bridgehead atoms. The van der Waals surface area contributed by atoms with Crippen LogP contribution in [0.4, 0.5) is 0 Å². The number of fused-ring (bicyclic) bond motifs is 1. The van der Waals surface area contributed by atoms with Crippen molar-refractivity contribution in [1.29, 1.82) is 0 Å². The molecule has 0 unspecified atom stereocenters. The first-order chi connectivity index (χ1) is 9.89. The minimum absolute atomic E-state index is 0.206. The molecule has 2 heterocycles. The van der Waals surface area contributed by atoms with Gasteiger partial charge in [0.05, 0.1) is 10.3 Å². The standard InChI is InChI=1S/C14H12ClN3O2S/c1-9-3-5-11(6-4-9)21(19,20)18-8-7-12-13(15)16-10(2)17-14(12)18/h3-8H,1-2H3. The van der Waals surface area contributed by atoms with E-state index in [4.69, 9.17) is 11.6 Å². The fourth-order valence-electron chi connectivity index (χ4n) is 2.07. The molecule has 0 atom stereocenters. The van der Waals surface area contributed by atoms with E-state index < -0.39 is 10.0 Å². The normalized spacial score (nSPS) is 12.0. The van der Waals surface area contributed by atoms with Gasteiger partial charge in [-0.1, -0.05) is 29.3 Å². The Morgan fingerprint density at radius 3 is 2.38 bits per heavy atom. The molecule has 0 aliphatic heterocycles. The van der Waals surface area contributed by atoms with Crippen LogP contribution in [0.1, 0.15) is 11.4 Å². The lowest BCUT2D eigenvalue weighted by molar-refractivity contribution is 0.588. The van der Waals surface area contributed by atoms with Crippen molar-refractivity contribution in [3.63, 3.8) is 0 Å². The average Bonchev–Trinajstić information content (AvgIpc) is 2.83. The molecule has 0 saturated carbocycles. The van der Waals surface area contributed by atoms with Gasteiger partial charge in [0.1, 0.15) is 11.0 Å². The molecule has 21 heavy (non-hydrogen) atoms. The maximum Gasteiger partial charge on any atom is 0.269 e. The Hall–Kier alpha value is -1.92. The first kappa shape index (κ1) is 14.0. The highest BCUT2D eigenvalue weighted by Crippen LogP contribution is 2.25. The second kappa shape index (κ2) is 4.82. The van der Waals surface area contributed by atoms with E-state index in [9.17, 15) is 8.42 Å². The van der Waals surface area contributed by atoms with Crippen LogP contribution in [0.5, 0.6) is 0 Å². The molecule has 5 nitrogen and oxygen atoms in total. The van der Waals surface area contributed by atoms with Crippen LogP contribution in [-0.2, 0) is 10.0 Å². The Morgan fingerprint density at radius 1 is 1.05 bits per heavy atom. The minimum Gasteiger partial charge on any atom is -0.224 e. The van der Waals surface area contributed by atoms with E-state index in [0.717, 1.165) is 9.54 Å². The summed E-state index contributed by atoms with van der Waals surface area (Å²) in [6, 6.07) is 8.26. The van der Waals surface area contributed by atoms with Crippen LogP contribution in [0, 0.1) is 13.8 Å². The summed E-state index contributed by atoms with van der Waals surface area (Å²) in [5.41, 5.74) is 1.28. The Morgan fingerprint density at radius 2 is 1.71 bits per heavy atom. The van der Waals surface area contributed by atoms with Crippen molar-refractivity contribution in [1.82, 2.24) is 13.9 Å². The summed E-state index contributed by atoms with van der Waals surface area (Å²) in [7, 11) is -3.70. The SMILES string of the molecule is Cc1ccc(S(=O)(=O)n2ccc3c(Cl)nc(C)nc32)cc1. The van der Waals surface area contributed by atoms with E-state index in [1.165, 1.54) is 6.20 Å². The minimum atomic E-state index is -3.70. The van der Waals surface area contributed by atoms with E-state index in [-0.39, 0.29) is 15.7 Å². The molecule has 0 amide bonds. The number of nitrogens with zero attached hydrogens (tertiary/aromatic N) is 3. The summed E-state index contributed by atoms with van der Waals surface area (Å²) in [5.74, 6) is 0.423. The summed E-state index contributed by atoms with van der Waals surface area (Å²) in [5, 5.41) is 0.758. The highest BCUT2D eigenvalue weighted by molar-refractivity contribution is 7.90. The van der Waals surface area contributed by atoms with Gasteiger partial charge in [-0.3, -0.25) is 0 Å². The van der Waals surface area contributed by atoms with Gasteiger partial charge in [-0.25, -0.2) is 22.4 Å². The second-order valence-electron chi connectivity index (χ2n) is 4.73. The number of rotatable bonds is 2. The number of aromatic nitrogens is 3. The molecule has 0 saturated heterocycles. The van der Waals surface area contributed by atoms with Crippen LogP contribution in [0.15, 0.2) is 41.4 Å². The molecule has 108 valence electrons. The molecular formula is C14H12ClN3O2S. The molecule has 0 radical (unpaired) electrons. The molecule has 3 rings (SSSR count). The Balaban J connectivity index is 2.27. The molecule has 7 heteroatoms. The second-order valence-corrected chi connectivity index (χ2v) is 6.90. The monoisotopic (exact) mass is 321 g/mol. The smallest absolute Gasteiger partial charge is 0.224 e. The van der Waals surface area contributed by atoms with Crippen molar-refractivity contribution in [3.05, 3.63) is 53.1 Å². The lowest BCUT2D eigenvalue weighted by Gasteiger charge is -2.07. The summed E-state index contributed by atoms with van der Waals surface area (Å²) >= 11 is 6.03. The molecule has 0 aliphatic rings. The van der Waals surface area contributed by atoms with E-state index in [2.05, 4.69) is 9.97 Å². The van der Waals surface area contributed by atoms with E-state index in [1.54, 1.807) is 37.3 Å². The lowest BCUT2D eigenvalue weighted by Crippen LogP contribution is -2.12. The zero-order chi connectivity index (χ0) is 15.2. The third-order valence-electron chi connectivity index (χ3n) is 3.15. The summed E-state index contributed by atoms with van der Waals surface area (Å²) in [4.78, 5) is 8.43. The quantitative estimate of drug-likeness (QED) is 0.681. The molecular weight excluding hydrogens is 310 g/mol. The first-order valence-corrected chi connectivity index (χ1v) is 8.05. The van der Waals surface area contributed by atoms with Crippen molar-refractivity contribution in [2.24, 2.45) is 0 Å². The van der Waals surface area contributed by atoms with Gasteiger partial charge in [0.25, 0.3) is 10.0 Å². The molecule has 3 aromatic rings. The molecule has 2 aromatic heterocycles. The number of halogens is 1. The van der Waals surface area contributed by atoms with Crippen LogP contribution in [0.25, 0.3) is 11.0 Å². The van der Waals surface area contributed by atoms with Gasteiger partial charge in [0, 0.05) is 6.20 Å². The largest absolute Gasteiger partial charge is 0.269 e. The number of hydrogen-bond acceptors (Lipinski definition) is 4. The average molecular weight is 322 g/mol. The van der Waals surface area contributed by atoms with Gasteiger partial charge in [-0.05, 0) is 32.0 Å². The zero-order valence-electron chi connectivity index (χ0n) is 11.4. The molecule has 0 fully saturated rings. The highest BCUT2D eigenvalue weighted by Gasteiger charge is 2.21. The summed E-state index contributed by atoms with van der Waals surface area (Å²) in [6.45, 7) is 3.57. The third-order valence-corrected chi connectivity index (χ3v) is 5.12. The van der Waals surface area contributed by atoms with Crippen molar-refractivity contribution in [2.75, 3.05) is 0 Å². The number of hydrogen-bond donors (Lipinski definition) is 0. The number of benzene rings is 1. The fourth-order valence-corrected chi connectivity index (χ4v) is 3.64. The van der Waals surface area contributed by atoms with Crippen molar-refractivity contribution >= 4 is 32.7 Å². The van der Waals surface area contributed by atoms with Gasteiger partial charge in [0.2, 0.25) is 0 Å². The summed E-state index contributed by atoms with van der Waals surface area (Å²) < 4.78 is 26.5. The van der Waals surface area contributed by atoms with Gasteiger partial charge in [-0.15, -0.1) is 0 Å². The van der Waals surface area contributed by atoms with Crippen LogP contribution in [-0.4, -0.2) is 22.4 Å². The van der Waals surface area contributed by atoms with Gasteiger partial charge in [0.15, 0.2) is 5.65 Å². The van der Waals surface area contributed by atoms with Crippen LogP contribution in [0.3, 0.4) is 0 Å². The van der Waals surface area contributed by atoms with Crippen LogP contribution in [0.2, 0.25) is 5.15 Å². The molecule has 0 aliphatic carbocycles. The van der Waals surface area contributed by atoms with Crippen LogP contribution >= 0.6 is 11.6 Å². The highest BCUT2D eigenvalue weighted by atomic mass is 35.5. The lowest BCUT2D eigenvalue weighted by atomic mass is 10.2. The zero-order valence-corrected chi connectivity index (χ0v) is 13.0. The Labute approximate surface area is 127 Å². The third kappa shape index (κ3) is 2.30. The number of aryl methyl sites for hydroxylation is 2. The summed E-state index contributed by atoms with van der Waals surface area (Å²) in [6.07, 6.45) is 1.44. The molecule has 0 N–H and O–H groups in total. The van der Waals surface area contributed by atoms with Crippen LogP contribution < -0.4 is 0 Å². The maximum absolute atomic E-state index is 12.7. The predicted octanol–water partition coefficient (Wildman–Crippen LogP) is 2.94. The van der Waals surface area contributed by atoms with E-state index in [0.29, 0.717) is 11.2 Å². The van der Waals surface area contributed by atoms with Gasteiger partial charge in [-0.2, -0.15) is 0 Å².